The predicted molar refractivity (Wildman–Crippen MR) is 66.1 cm³/mol. The highest BCUT2D eigenvalue weighted by atomic mass is 16.5. The van der Waals surface area contributed by atoms with Crippen LogP contribution in [0.1, 0.15) is 24.8 Å². The van der Waals surface area contributed by atoms with Crippen LogP contribution in [0.5, 0.6) is 0 Å². The van der Waals surface area contributed by atoms with Gasteiger partial charge in [-0.1, -0.05) is 30.3 Å². The quantitative estimate of drug-likeness (QED) is 0.762. The van der Waals surface area contributed by atoms with E-state index in [0.29, 0.717) is 13.0 Å². The van der Waals surface area contributed by atoms with Crippen molar-refractivity contribution in [3.05, 3.63) is 35.9 Å². The molecule has 0 radical (unpaired) electrons. The van der Waals surface area contributed by atoms with E-state index in [1.165, 1.54) is 12.8 Å². The molecule has 1 fully saturated rings. The van der Waals surface area contributed by atoms with Gasteiger partial charge in [0.25, 0.3) is 0 Å². The number of hydrogen-bond acceptors (Lipinski definition) is 3. The van der Waals surface area contributed by atoms with Crippen molar-refractivity contribution < 1.29 is 4.74 Å². The Labute approximate surface area is 102 Å². The molecule has 2 N–H and O–H groups in total. The molecule has 0 heterocycles. The topological polar surface area (TPSA) is 59.0 Å². The minimum Gasteiger partial charge on any atom is -0.381 e. The van der Waals surface area contributed by atoms with Crippen LogP contribution in [0, 0.1) is 17.2 Å². The van der Waals surface area contributed by atoms with Crippen molar-refractivity contribution in [3.8, 4) is 6.07 Å². The molecule has 3 heteroatoms. The molecule has 90 valence electrons. The molecule has 0 spiro atoms. The van der Waals surface area contributed by atoms with Gasteiger partial charge in [-0.05, 0) is 24.3 Å². The fourth-order valence-electron chi connectivity index (χ4n) is 1.77. The summed E-state index contributed by atoms with van der Waals surface area (Å²) in [6.07, 6.45) is 3.11. The molecular weight excluding hydrogens is 212 g/mol. The number of hydrogen-bond donors (Lipinski definition) is 1. The van der Waals surface area contributed by atoms with Gasteiger partial charge < -0.3 is 10.5 Å². The van der Waals surface area contributed by atoms with E-state index in [9.17, 15) is 5.26 Å². The minimum atomic E-state index is -0.926. The zero-order valence-corrected chi connectivity index (χ0v) is 9.93. The molecule has 1 atom stereocenters. The van der Waals surface area contributed by atoms with Crippen LogP contribution in [0.4, 0.5) is 0 Å². The maximum Gasteiger partial charge on any atom is 0.132 e. The number of ether oxygens (including phenoxy) is 1. The Bertz CT molecular complexity index is 394. The van der Waals surface area contributed by atoms with Gasteiger partial charge in [-0.3, -0.25) is 0 Å². The van der Waals surface area contributed by atoms with Crippen LogP contribution in [0.3, 0.4) is 0 Å². The van der Waals surface area contributed by atoms with Crippen molar-refractivity contribution in [2.24, 2.45) is 11.7 Å². The smallest absolute Gasteiger partial charge is 0.132 e. The second-order valence-corrected chi connectivity index (χ2v) is 4.72. The van der Waals surface area contributed by atoms with Crippen LogP contribution in [-0.2, 0) is 10.3 Å². The summed E-state index contributed by atoms with van der Waals surface area (Å²) in [6, 6.07) is 11.7. The largest absolute Gasteiger partial charge is 0.381 e. The first-order valence-electron chi connectivity index (χ1n) is 6.08. The molecule has 1 aliphatic rings. The molecule has 0 amide bonds. The van der Waals surface area contributed by atoms with E-state index in [0.717, 1.165) is 18.1 Å². The minimum absolute atomic E-state index is 0.542. The highest BCUT2D eigenvalue weighted by Gasteiger charge is 2.27. The Morgan fingerprint density at radius 3 is 2.65 bits per heavy atom. The third kappa shape index (κ3) is 3.29. The average molecular weight is 230 g/mol. The second kappa shape index (κ2) is 5.31. The summed E-state index contributed by atoms with van der Waals surface area (Å²) in [5.41, 5.74) is 6.04. The van der Waals surface area contributed by atoms with Gasteiger partial charge in [-0.2, -0.15) is 5.26 Å². The molecule has 1 aromatic rings. The Morgan fingerprint density at radius 2 is 2.06 bits per heavy atom. The standard InChI is InChI=1S/C14H18N2O/c15-11-14(16,13-4-2-1-3-5-13)8-9-17-10-12-6-7-12/h1-5,12H,6-10,16H2. The first-order valence-corrected chi connectivity index (χ1v) is 6.08. The molecular formula is C14H18N2O. The van der Waals surface area contributed by atoms with Gasteiger partial charge in [0.1, 0.15) is 5.54 Å². The van der Waals surface area contributed by atoms with Crippen molar-refractivity contribution in [2.45, 2.75) is 24.8 Å². The normalized spacial score (nSPS) is 18.4. The predicted octanol–water partition coefficient (Wildman–Crippen LogP) is 2.18. The van der Waals surface area contributed by atoms with E-state index in [-0.39, 0.29) is 0 Å². The van der Waals surface area contributed by atoms with E-state index in [1.54, 1.807) is 0 Å². The molecule has 1 unspecified atom stereocenters. The van der Waals surface area contributed by atoms with Crippen molar-refractivity contribution in [3.63, 3.8) is 0 Å². The van der Waals surface area contributed by atoms with E-state index in [4.69, 9.17) is 10.5 Å². The average Bonchev–Trinajstić information content (AvgIpc) is 3.19. The van der Waals surface area contributed by atoms with Crippen LogP contribution in [0.15, 0.2) is 30.3 Å². The maximum atomic E-state index is 9.23. The molecule has 3 nitrogen and oxygen atoms in total. The molecule has 1 aromatic carbocycles. The third-order valence-corrected chi connectivity index (χ3v) is 3.18. The second-order valence-electron chi connectivity index (χ2n) is 4.72. The summed E-state index contributed by atoms with van der Waals surface area (Å²) < 4.78 is 5.55. The first kappa shape index (κ1) is 12.1. The summed E-state index contributed by atoms with van der Waals surface area (Å²) in [4.78, 5) is 0. The lowest BCUT2D eigenvalue weighted by Crippen LogP contribution is -2.36. The summed E-state index contributed by atoms with van der Waals surface area (Å²) >= 11 is 0. The molecule has 0 bridgehead atoms. The Kier molecular flexibility index (Phi) is 3.78. The van der Waals surface area contributed by atoms with Gasteiger partial charge in [0.15, 0.2) is 0 Å². The zero-order valence-electron chi connectivity index (χ0n) is 9.93. The molecule has 1 aliphatic carbocycles. The van der Waals surface area contributed by atoms with Gasteiger partial charge in [0.2, 0.25) is 0 Å². The highest BCUT2D eigenvalue weighted by Crippen LogP contribution is 2.29. The van der Waals surface area contributed by atoms with E-state index < -0.39 is 5.54 Å². The lowest BCUT2D eigenvalue weighted by molar-refractivity contribution is 0.112. The summed E-state index contributed by atoms with van der Waals surface area (Å²) in [6.45, 7) is 1.37. The molecule has 0 aromatic heterocycles. The number of nitrogens with zero attached hydrogens (tertiary/aromatic N) is 1. The summed E-state index contributed by atoms with van der Waals surface area (Å²) in [7, 11) is 0. The molecule has 0 saturated heterocycles. The SMILES string of the molecule is N#CC(N)(CCOCC1CC1)c1ccccc1. The van der Waals surface area contributed by atoms with Crippen LogP contribution < -0.4 is 5.73 Å². The highest BCUT2D eigenvalue weighted by molar-refractivity contribution is 5.30. The van der Waals surface area contributed by atoms with Gasteiger partial charge in [0.05, 0.1) is 6.07 Å². The summed E-state index contributed by atoms with van der Waals surface area (Å²) in [5.74, 6) is 0.751. The van der Waals surface area contributed by atoms with Crippen molar-refractivity contribution >= 4 is 0 Å². The number of nitriles is 1. The molecule has 0 aliphatic heterocycles. The third-order valence-electron chi connectivity index (χ3n) is 3.18. The Morgan fingerprint density at radius 1 is 1.35 bits per heavy atom. The van der Waals surface area contributed by atoms with Crippen molar-refractivity contribution in [1.29, 1.82) is 5.26 Å². The summed E-state index contributed by atoms with van der Waals surface area (Å²) in [5, 5.41) is 9.23. The van der Waals surface area contributed by atoms with Crippen LogP contribution in [0.25, 0.3) is 0 Å². The monoisotopic (exact) mass is 230 g/mol. The van der Waals surface area contributed by atoms with Crippen molar-refractivity contribution in [2.75, 3.05) is 13.2 Å². The number of nitrogens with two attached hydrogens (primary N) is 1. The van der Waals surface area contributed by atoms with Gasteiger partial charge >= 0.3 is 0 Å². The van der Waals surface area contributed by atoms with Crippen LogP contribution in [0.2, 0.25) is 0 Å². The Balaban J connectivity index is 1.87. The van der Waals surface area contributed by atoms with Gasteiger partial charge in [0, 0.05) is 19.6 Å². The molecule has 2 rings (SSSR count). The lowest BCUT2D eigenvalue weighted by atomic mass is 9.89. The van der Waals surface area contributed by atoms with Gasteiger partial charge in [-0.25, -0.2) is 0 Å². The molecule has 1 saturated carbocycles. The number of benzene rings is 1. The fraction of sp³-hybridized carbons (Fsp3) is 0.500. The molecule has 17 heavy (non-hydrogen) atoms. The lowest BCUT2D eigenvalue weighted by Gasteiger charge is -2.21. The first-order chi connectivity index (χ1) is 8.24. The van der Waals surface area contributed by atoms with Crippen LogP contribution >= 0.6 is 0 Å². The van der Waals surface area contributed by atoms with E-state index in [2.05, 4.69) is 6.07 Å². The van der Waals surface area contributed by atoms with Crippen LogP contribution in [-0.4, -0.2) is 13.2 Å². The zero-order chi connectivity index (χ0) is 12.1. The van der Waals surface area contributed by atoms with Gasteiger partial charge in [-0.15, -0.1) is 0 Å². The Hall–Kier alpha value is -1.37. The van der Waals surface area contributed by atoms with Crippen molar-refractivity contribution in [1.82, 2.24) is 0 Å². The van der Waals surface area contributed by atoms with E-state index in [1.807, 2.05) is 30.3 Å². The maximum absolute atomic E-state index is 9.23. The van der Waals surface area contributed by atoms with E-state index >= 15 is 0 Å². The fourth-order valence-corrected chi connectivity index (χ4v) is 1.77. The number of rotatable bonds is 6.